The van der Waals surface area contributed by atoms with Crippen molar-refractivity contribution in [1.82, 2.24) is 25.3 Å². The molecule has 8 nitrogen and oxygen atoms in total. The van der Waals surface area contributed by atoms with Gasteiger partial charge in [-0.2, -0.15) is 0 Å². The van der Waals surface area contributed by atoms with Gasteiger partial charge in [0.15, 0.2) is 0 Å². The number of pyridine rings is 2. The maximum Gasteiger partial charge on any atom is 0.228 e. The van der Waals surface area contributed by atoms with E-state index in [0.717, 1.165) is 70.7 Å². The van der Waals surface area contributed by atoms with Crippen LogP contribution >= 0.6 is 0 Å². The lowest BCUT2D eigenvalue weighted by atomic mass is 10.0. The topological polar surface area (TPSA) is 96.9 Å². The number of rotatable bonds is 8. The highest BCUT2D eigenvalue weighted by atomic mass is 16.5. The van der Waals surface area contributed by atoms with Gasteiger partial charge in [-0.15, -0.1) is 0 Å². The van der Waals surface area contributed by atoms with Crippen molar-refractivity contribution >= 4 is 22.4 Å². The maximum atomic E-state index is 6.57. The maximum absolute atomic E-state index is 6.57. The lowest BCUT2D eigenvalue weighted by Gasteiger charge is -2.23. The molecule has 0 spiro atoms. The molecule has 0 bridgehead atoms. The van der Waals surface area contributed by atoms with Gasteiger partial charge in [-0.1, -0.05) is 30.3 Å². The number of nitrogens with one attached hydrogen (secondary N) is 3. The molecule has 196 valence electrons. The molecule has 1 fully saturated rings. The average molecular weight is 518 g/mol. The Kier molecular flexibility index (Phi) is 7.27. The van der Waals surface area contributed by atoms with Crippen LogP contribution in [0, 0.1) is 6.92 Å². The first-order valence-corrected chi connectivity index (χ1v) is 13.3. The predicted molar refractivity (Wildman–Crippen MR) is 155 cm³/mol. The van der Waals surface area contributed by atoms with Gasteiger partial charge in [0.05, 0.1) is 23.5 Å². The summed E-state index contributed by atoms with van der Waals surface area (Å²) in [6, 6.07) is 22.4. The molecular formula is C31H31N7O. The van der Waals surface area contributed by atoms with E-state index in [1.165, 1.54) is 0 Å². The molecule has 0 saturated carbocycles. The molecule has 1 atom stereocenters. The number of ether oxygens (including phenoxy) is 1. The fourth-order valence-corrected chi connectivity index (χ4v) is 4.92. The molecule has 0 amide bonds. The summed E-state index contributed by atoms with van der Waals surface area (Å²) in [6.45, 7) is 4.66. The Morgan fingerprint density at radius 2 is 1.85 bits per heavy atom. The molecule has 1 unspecified atom stereocenters. The number of aromatic nitrogens is 4. The van der Waals surface area contributed by atoms with Crippen molar-refractivity contribution in [3.63, 3.8) is 0 Å². The van der Waals surface area contributed by atoms with Crippen LogP contribution in [-0.4, -0.2) is 39.1 Å². The Bertz CT molecular complexity index is 1570. The Morgan fingerprint density at radius 3 is 2.72 bits per heavy atom. The highest BCUT2D eigenvalue weighted by molar-refractivity contribution is 5.98. The van der Waals surface area contributed by atoms with Crippen molar-refractivity contribution in [3.8, 4) is 22.9 Å². The second-order valence-electron chi connectivity index (χ2n) is 9.70. The summed E-state index contributed by atoms with van der Waals surface area (Å²) in [7, 11) is 0. The summed E-state index contributed by atoms with van der Waals surface area (Å²) in [5, 5.41) is 12.5. The zero-order chi connectivity index (χ0) is 26.4. The van der Waals surface area contributed by atoms with E-state index in [1.807, 2.05) is 48.7 Å². The molecule has 3 aromatic heterocycles. The molecule has 4 heterocycles. The van der Waals surface area contributed by atoms with Gasteiger partial charge in [0, 0.05) is 47.6 Å². The molecule has 6 rings (SSSR count). The smallest absolute Gasteiger partial charge is 0.228 e. The summed E-state index contributed by atoms with van der Waals surface area (Å²) in [6.07, 6.45) is 7.57. The summed E-state index contributed by atoms with van der Waals surface area (Å²) in [5.74, 6) is 1.89. The van der Waals surface area contributed by atoms with E-state index >= 15 is 0 Å². The lowest BCUT2D eigenvalue weighted by molar-refractivity contribution is 0.466. The number of piperidine rings is 1. The van der Waals surface area contributed by atoms with E-state index < -0.39 is 0 Å². The second-order valence-corrected chi connectivity index (χ2v) is 9.70. The number of hydrogen-bond acceptors (Lipinski definition) is 8. The van der Waals surface area contributed by atoms with Crippen molar-refractivity contribution < 1.29 is 4.74 Å². The highest BCUT2D eigenvalue weighted by Crippen LogP contribution is 2.38. The summed E-state index contributed by atoms with van der Waals surface area (Å²) in [4.78, 5) is 18.3. The minimum Gasteiger partial charge on any atom is -0.437 e. The Labute approximate surface area is 227 Å². The number of aryl methyl sites for hydroxylation is 1. The van der Waals surface area contributed by atoms with Crippen molar-refractivity contribution in [1.29, 1.82) is 0 Å². The summed E-state index contributed by atoms with van der Waals surface area (Å²) >= 11 is 0. The van der Waals surface area contributed by atoms with Crippen LogP contribution in [0.4, 0.5) is 11.6 Å². The lowest BCUT2D eigenvalue weighted by Crippen LogP contribution is -2.38. The van der Waals surface area contributed by atoms with Gasteiger partial charge >= 0.3 is 0 Å². The zero-order valence-corrected chi connectivity index (χ0v) is 21.9. The Morgan fingerprint density at radius 1 is 0.897 bits per heavy atom. The Balaban J connectivity index is 1.30. The second kappa shape index (κ2) is 11.4. The SMILES string of the molecule is Cc1ccc2c(NCc3ccccn3)cccc2c1Oc1ncccc1-c1ccnc(NC2CCCNC2)n1. The fourth-order valence-electron chi connectivity index (χ4n) is 4.92. The van der Waals surface area contributed by atoms with Gasteiger partial charge in [-0.05, 0) is 68.3 Å². The van der Waals surface area contributed by atoms with E-state index in [-0.39, 0.29) is 0 Å². The molecule has 8 heteroatoms. The van der Waals surface area contributed by atoms with Gasteiger partial charge in [0.25, 0.3) is 0 Å². The number of nitrogens with zero attached hydrogens (tertiary/aromatic N) is 4. The van der Waals surface area contributed by atoms with Gasteiger partial charge < -0.3 is 20.7 Å². The molecular weight excluding hydrogens is 486 g/mol. The van der Waals surface area contributed by atoms with E-state index in [4.69, 9.17) is 9.72 Å². The molecule has 5 aromatic rings. The van der Waals surface area contributed by atoms with Crippen LogP contribution in [0.3, 0.4) is 0 Å². The van der Waals surface area contributed by atoms with Crippen molar-refractivity contribution in [2.45, 2.75) is 32.4 Å². The monoisotopic (exact) mass is 517 g/mol. The van der Waals surface area contributed by atoms with Crippen molar-refractivity contribution in [3.05, 3.63) is 96.6 Å². The third-order valence-corrected chi connectivity index (χ3v) is 6.93. The summed E-state index contributed by atoms with van der Waals surface area (Å²) < 4.78 is 6.57. The molecule has 2 aromatic carbocycles. The van der Waals surface area contributed by atoms with E-state index in [0.29, 0.717) is 24.4 Å². The minimum atomic E-state index is 0.317. The van der Waals surface area contributed by atoms with Crippen LogP contribution in [0.1, 0.15) is 24.1 Å². The van der Waals surface area contributed by atoms with Crippen LogP contribution in [0.15, 0.2) is 85.3 Å². The highest BCUT2D eigenvalue weighted by Gasteiger charge is 2.17. The third-order valence-electron chi connectivity index (χ3n) is 6.93. The van der Waals surface area contributed by atoms with Gasteiger partial charge in [0.2, 0.25) is 11.8 Å². The normalized spacial score (nSPS) is 15.2. The third kappa shape index (κ3) is 5.66. The molecule has 1 saturated heterocycles. The molecule has 39 heavy (non-hydrogen) atoms. The molecule has 1 aliphatic heterocycles. The number of hydrogen-bond donors (Lipinski definition) is 3. The van der Waals surface area contributed by atoms with Crippen molar-refractivity contribution in [2.75, 3.05) is 23.7 Å². The number of fused-ring (bicyclic) bond motifs is 1. The van der Waals surface area contributed by atoms with Crippen LogP contribution in [0.2, 0.25) is 0 Å². The van der Waals surface area contributed by atoms with Crippen LogP contribution in [-0.2, 0) is 6.54 Å². The van der Waals surface area contributed by atoms with E-state index in [2.05, 4.69) is 62.1 Å². The first-order chi connectivity index (χ1) is 19.2. The molecule has 0 aliphatic carbocycles. The van der Waals surface area contributed by atoms with Crippen LogP contribution < -0.4 is 20.7 Å². The van der Waals surface area contributed by atoms with E-state index in [1.54, 1.807) is 12.4 Å². The number of anilines is 2. The van der Waals surface area contributed by atoms with Gasteiger partial charge in [-0.3, -0.25) is 4.98 Å². The standard InChI is InChI=1S/C31H31N7O/c1-21-12-13-24-25(9-4-11-27(24)36-20-22-7-2-3-16-33-22)29(21)39-30-26(10-6-17-34-30)28-14-18-35-31(38-28)37-23-8-5-15-32-19-23/h2-4,6-7,9-14,16-18,23,32,36H,5,8,15,19-20H2,1H3,(H,35,37,38). The minimum absolute atomic E-state index is 0.317. The van der Waals surface area contributed by atoms with Gasteiger partial charge in [-0.25, -0.2) is 15.0 Å². The number of benzene rings is 2. The molecule has 1 aliphatic rings. The first kappa shape index (κ1) is 24.8. The predicted octanol–water partition coefficient (Wildman–Crippen LogP) is 5.96. The summed E-state index contributed by atoms with van der Waals surface area (Å²) in [5.41, 5.74) is 4.60. The first-order valence-electron chi connectivity index (χ1n) is 13.3. The largest absolute Gasteiger partial charge is 0.437 e. The van der Waals surface area contributed by atoms with Gasteiger partial charge in [0.1, 0.15) is 5.75 Å². The van der Waals surface area contributed by atoms with Crippen LogP contribution in [0.5, 0.6) is 11.6 Å². The molecule has 3 N–H and O–H groups in total. The Hall–Kier alpha value is -4.56. The van der Waals surface area contributed by atoms with E-state index in [9.17, 15) is 0 Å². The molecule has 0 radical (unpaired) electrons. The van der Waals surface area contributed by atoms with Crippen molar-refractivity contribution in [2.24, 2.45) is 0 Å². The average Bonchev–Trinajstić information content (AvgIpc) is 2.99. The fraction of sp³-hybridized carbons (Fsp3) is 0.226. The quantitative estimate of drug-likeness (QED) is 0.232. The van der Waals surface area contributed by atoms with Crippen LogP contribution in [0.25, 0.3) is 22.0 Å². The zero-order valence-electron chi connectivity index (χ0n) is 21.9.